The number of urea groups is 1. The van der Waals surface area contributed by atoms with Crippen molar-refractivity contribution in [2.24, 2.45) is 5.92 Å². The molecule has 0 spiro atoms. The quantitative estimate of drug-likeness (QED) is 0.863. The third-order valence-corrected chi connectivity index (χ3v) is 4.35. The van der Waals surface area contributed by atoms with Crippen LogP contribution in [0.3, 0.4) is 0 Å². The van der Waals surface area contributed by atoms with E-state index in [9.17, 15) is 9.59 Å². The van der Waals surface area contributed by atoms with Gasteiger partial charge in [-0.1, -0.05) is 23.7 Å². The minimum Gasteiger partial charge on any atom is -0.481 e. The van der Waals surface area contributed by atoms with Crippen LogP contribution in [0.25, 0.3) is 0 Å². The van der Waals surface area contributed by atoms with Crippen molar-refractivity contribution < 1.29 is 19.4 Å². The van der Waals surface area contributed by atoms with E-state index >= 15 is 0 Å². The molecule has 7 heteroatoms. The van der Waals surface area contributed by atoms with Crippen molar-refractivity contribution in [1.82, 2.24) is 10.2 Å². The highest BCUT2D eigenvalue weighted by Gasteiger charge is 2.27. The molecule has 6 nitrogen and oxygen atoms in total. The molecule has 1 unspecified atom stereocenters. The lowest BCUT2D eigenvalue weighted by Gasteiger charge is -2.30. The molecular formula is C16H21ClN2O4. The van der Waals surface area contributed by atoms with Crippen molar-refractivity contribution >= 4 is 23.6 Å². The van der Waals surface area contributed by atoms with Crippen LogP contribution < -0.4 is 5.32 Å². The molecule has 1 aromatic rings. The lowest BCUT2D eigenvalue weighted by atomic mass is 9.97. The van der Waals surface area contributed by atoms with Gasteiger partial charge in [0, 0.05) is 31.8 Å². The summed E-state index contributed by atoms with van der Waals surface area (Å²) in [5.41, 5.74) is 0.932. The van der Waals surface area contributed by atoms with Crippen LogP contribution in [0.5, 0.6) is 0 Å². The van der Waals surface area contributed by atoms with Crippen LogP contribution in [0, 0.1) is 5.92 Å². The number of nitrogens with zero attached hydrogens (tertiary/aromatic N) is 1. The molecule has 1 aromatic carbocycles. The predicted octanol–water partition coefficient (Wildman–Crippen LogP) is 2.53. The first-order valence-electron chi connectivity index (χ1n) is 7.55. The number of aliphatic carboxylic acids is 1. The van der Waals surface area contributed by atoms with Crippen molar-refractivity contribution in [3.63, 3.8) is 0 Å². The van der Waals surface area contributed by atoms with Gasteiger partial charge >= 0.3 is 12.0 Å². The van der Waals surface area contributed by atoms with Gasteiger partial charge < -0.3 is 20.1 Å². The van der Waals surface area contributed by atoms with E-state index in [4.69, 9.17) is 21.4 Å². The maximum absolute atomic E-state index is 12.2. The highest BCUT2D eigenvalue weighted by atomic mass is 35.5. The Bertz CT molecular complexity index is 542. The Labute approximate surface area is 140 Å². The summed E-state index contributed by atoms with van der Waals surface area (Å²) in [6.45, 7) is 1.26. The van der Waals surface area contributed by atoms with Crippen LogP contribution in [0.4, 0.5) is 4.79 Å². The Balaban J connectivity index is 1.83. The first kappa shape index (κ1) is 17.6. The molecule has 0 aromatic heterocycles. The second-order valence-electron chi connectivity index (χ2n) is 5.56. The second kappa shape index (κ2) is 8.17. The number of benzene rings is 1. The standard InChI is InChI=1S/C16H21ClN2O4/c1-23-14(11-2-4-13(17)5-3-11)10-18-16(22)19-8-6-12(7-9-19)15(20)21/h2-5,12,14H,6-10H2,1H3,(H,18,22)(H,20,21). The van der Waals surface area contributed by atoms with E-state index in [1.165, 1.54) is 0 Å². The number of likely N-dealkylation sites (tertiary alicyclic amines) is 1. The molecule has 1 aliphatic heterocycles. The zero-order valence-corrected chi connectivity index (χ0v) is 13.8. The molecule has 23 heavy (non-hydrogen) atoms. The Kier molecular flexibility index (Phi) is 6.24. The van der Waals surface area contributed by atoms with E-state index in [-0.39, 0.29) is 18.1 Å². The summed E-state index contributed by atoms with van der Waals surface area (Å²) in [6, 6.07) is 7.09. The minimum absolute atomic E-state index is 0.190. The van der Waals surface area contributed by atoms with E-state index in [0.29, 0.717) is 37.5 Å². The maximum atomic E-state index is 12.2. The fourth-order valence-corrected chi connectivity index (χ4v) is 2.76. The van der Waals surface area contributed by atoms with Crippen LogP contribution >= 0.6 is 11.6 Å². The van der Waals surface area contributed by atoms with Gasteiger partial charge in [0.05, 0.1) is 12.0 Å². The highest BCUT2D eigenvalue weighted by molar-refractivity contribution is 6.30. The molecule has 1 heterocycles. The largest absolute Gasteiger partial charge is 0.481 e. The summed E-state index contributed by atoms with van der Waals surface area (Å²) in [6.07, 6.45) is 0.731. The molecule has 0 radical (unpaired) electrons. The minimum atomic E-state index is -0.785. The molecule has 126 valence electrons. The molecule has 0 aliphatic carbocycles. The van der Waals surface area contributed by atoms with Crippen LogP contribution in [0.1, 0.15) is 24.5 Å². The monoisotopic (exact) mass is 340 g/mol. The average Bonchev–Trinajstić information content (AvgIpc) is 2.56. The Morgan fingerprint density at radius 2 is 1.96 bits per heavy atom. The molecule has 0 saturated carbocycles. The Hall–Kier alpha value is -1.79. The summed E-state index contributed by atoms with van der Waals surface area (Å²) >= 11 is 5.86. The van der Waals surface area contributed by atoms with Crippen molar-refractivity contribution in [3.8, 4) is 0 Å². The fourth-order valence-electron chi connectivity index (χ4n) is 2.64. The SMILES string of the molecule is COC(CNC(=O)N1CCC(C(=O)O)CC1)c1ccc(Cl)cc1. The summed E-state index contributed by atoms with van der Waals surface area (Å²) < 4.78 is 5.41. The van der Waals surface area contributed by atoms with Crippen molar-refractivity contribution in [2.45, 2.75) is 18.9 Å². The molecule has 1 atom stereocenters. The number of amides is 2. The topological polar surface area (TPSA) is 78.9 Å². The summed E-state index contributed by atoms with van der Waals surface area (Å²) in [4.78, 5) is 24.7. The van der Waals surface area contributed by atoms with Gasteiger partial charge in [0.2, 0.25) is 0 Å². The molecule has 1 aliphatic rings. The number of hydrogen-bond donors (Lipinski definition) is 2. The third kappa shape index (κ3) is 4.84. The Morgan fingerprint density at radius 1 is 1.35 bits per heavy atom. The van der Waals surface area contributed by atoms with Gasteiger partial charge in [0.15, 0.2) is 0 Å². The Morgan fingerprint density at radius 3 is 2.48 bits per heavy atom. The maximum Gasteiger partial charge on any atom is 0.317 e. The number of carbonyl (C=O) groups is 2. The number of carboxylic acid groups (broad SMARTS) is 1. The highest BCUT2D eigenvalue weighted by Crippen LogP contribution is 2.20. The lowest BCUT2D eigenvalue weighted by Crippen LogP contribution is -2.46. The summed E-state index contributed by atoms with van der Waals surface area (Å²) in [5, 5.41) is 12.5. The molecule has 0 bridgehead atoms. The second-order valence-corrected chi connectivity index (χ2v) is 6.00. The molecule has 2 amide bonds. The predicted molar refractivity (Wildman–Crippen MR) is 86.5 cm³/mol. The van der Waals surface area contributed by atoms with Gasteiger partial charge in [-0.15, -0.1) is 0 Å². The molecule has 1 fully saturated rings. The van der Waals surface area contributed by atoms with E-state index in [2.05, 4.69) is 5.32 Å². The van der Waals surface area contributed by atoms with Gasteiger partial charge in [-0.3, -0.25) is 4.79 Å². The average molecular weight is 341 g/mol. The molecule has 1 saturated heterocycles. The first-order valence-corrected chi connectivity index (χ1v) is 7.93. The number of carbonyl (C=O) groups excluding carboxylic acids is 1. The van der Waals surface area contributed by atoms with E-state index < -0.39 is 5.97 Å². The normalized spacial score (nSPS) is 16.9. The van der Waals surface area contributed by atoms with Gasteiger partial charge in [-0.25, -0.2) is 4.79 Å². The number of rotatable bonds is 5. The van der Waals surface area contributed by atoms with E-state index in [1.807, 2.05) is 12.1 Å². The number of carboxylic acids is 1. The number of ether oxygens (including phenoxy) is 1. The third-order valence-electron chi connectivity index (χ3n) is 4.10. The molecule has 2 N–H and O–H groups in total. The van der Waals surface area contributed by atoms with Gasteiger partial charge in [0.1, 0.15) is 0 Å². The van der Waals surface area contributed by atoms with Crippen LogP contribution in [-0.2, 0) is 9.53 Å². The summed E-state index contributed by atoms with van der Waals surface area (Å²) in [5.74, 6) is -1.13. The van der Waals surface area contributed by atoms with E-state index in [0.717, 1.165) is 5.56 Å². The van der Waals surface area contributed by atoms with Gasteiger partial charge in [0.25, 0.3) is 0 Å². The van der Waals surface area contributed by atoms with E-state index in [1.54, 1.807) is 24.1 Å². The number of nitrogens with one attached hydrogen (secondary N) is 1. The summed E-state index contributed by atoms with van der Waals surface area (Å²) in [7, 11) is 1.59. The van der Waals surface area contributed by atoms with Crippen molar-refractivity contribution in [3.05, 3.63) is 34.9 Å². The number of hydrogen-bond acceptors (Lipinski definition) is 3. The zero-order valence-electron chi connectivity index (χ0n) is 13.0. The number of methoxy groups -OCH3 is 1. The lowest BCUT2D eigenvalue weighted by molar-refractivity contribution is -0.143. The zero-order chi connectivity index (χ0) is 16.8. The number of halogens is 1. The smallest absolute Gasteiger partial charge is 0.317 e. The first-order chi connectivity index (χ1) is 11.0. The molecule has 2 rings (SSSR count). The van der Waals surface area contributed by atoms with Gasteiger partial charge in [-0.05, 0) is 30.5 Å². The van der Waals surface area contributed by atoms with Gasteiger partial charge in [-0.2, -0.15) is 0 Å². The van der Waals surface area contributed by atoms with Crippen LogP contribution in [0.15, 0.2) is 24.3 Å². The van der Waals surface area contributed by atoms with Crippen LogP contribution in [0.2, 0.25) is 5.02 Å². The van der Waals surface area contributed by atoms with Crippen molar-refractivity contribution in [1.29, 1.82) is 0 Å². The van der Waals surface area contributed by atoms with Crippen molar-refractivity contribution in [2.75, 3.05) is 26.7 Å². The fraction of sp³-hybridized carbons (Fsp3) is 0.500. The van der Waals surface area contributed by atoms with Crippen LogP contribution in [-0.4, -0.2) is 48.8 Å². The molecular weight excluding hydrogens is 320 g/mol. The number of piperidine rings is 1.